The van der Waals surface area contributed by atoms with Crippen LogP contribution in [0.1, 0.15) is 37.7 Å². The van der Waals surface area contributed by atoms with Gasteiger partial charge in [-0.15, -0.1) is 0 Å². The quantitative estimate of drug-likeness (QED) is 0.498. The Hall–Kier alpha value is -3.72. The summed E-state index contributed by atoms with van der Waals surface area (Å²) in [5.41, 5.74) is 3.55. The zero-order valence-corrected chi connectivity index (χ0v) is 21.4. The number of aliphatic imine (C=N–C) groups is 1. The van der Waals surface area contributed by atoms with Crippen LogP contribution in [0, 0.1) is 5.92 Å². The van der Waals surface area contributed by atoms with Crippen LogP contribution in [-0.2, 0) is 9.59 Å². The number of hydrogen-bond donors (Lipinski definition) is 1. The van der Waals surface area contributed by atoms with Crippen molar-refractivity contribution in [1.82, 2.24) is 4.98 Å². The third kappa shape index (κ3) is 4.13. The summed E-state index contributed by atoms with van der Waals surface area (Å²) in [7, 11) is 4.63. The van der Waals surface area contributed by atoms with Crippen molar-refractivity contribution in [2.75, 3.05) is 26.6 Å². The number of ketones is 1. The number of benzene rings is 2. The molecule has 1 amide bonds. The first-order chi connectivity index (χ1) is 17.4. The van der Waals surface area contributed by atoms with Crippen LogP contribution >= 0.6 is 11.3 Å². The Morgan fingerprint density at radius 3 is 2.44 bits per heavy atom. The summed E-state index contributed by atoms with van der Waals surface area (Å²) in [4.78, 5) is 36.3. The van der Waals surface area contributed by atoms with Crippen molar-refractivity contribution in [2.45, 2.75) is 32.1 Å². The molecule has 1 unspecified atom stereocenters. The lowest BCUT2D eigenvalue weighted by Gasteiger charge is -2.35. The largest absolute Gasteiger partial charge is 0.493 e. The van der Waals surface area contributed by atoms with Crippen LogP contribution in [0.25, 0.3) is 10.2 Å². The van der Waals surface area contributed by atoms with Crippen molar-refractivity contribution in [1.29, 1.82) is 0 Å². The number of anilines is 1. The van der Waals surface area contributed by atoms with E-state index >= 15 is 0 Å². The molecule has 36 heavy (non-hydrogen) atoms. The zero-order chi connectivity index (χ0) is 25.4. The summed E-state index contributed by atoms with van der Waals surface area (Å²) < 4.78 is 17.6. The fourth-order valence-electron chi connectivity index (χ4n) is 5.10. The van der Waals surface area contributed by atoms with Crippen LogP contribution in [0.4, 0.5) is 5.13 Å². The summed E-state index contributed by atoms with van der Waals surface area (Å²) >= 11 is 1.41. The molecule has 8 nitrogen and oxygen atoms in total. The van der Waals surface area contributed by atoms with Gasteiger partial charge in [0.2, 0.25) is 11.7 Å². The Labute approximate surface area is 213 Å². The summed E-state index contributed by atoms with van der Waals surface area (Å²) in [5, 5.41) is 3.49. The lowest BCUT2D eigenvalue weighted by Crippen LogP contribution is -2.39. The van der Waals surface area contributed by atoms with Gasteiger partial charge < -0.3 is 19.5 Å². The Morgan fingerprint density at radius 2 is 1.78 bits per heavy atom. The Kier molecular flexibility index (Phi) is 6.49. The number of carbonyl (C=O) groups excluding carboxylic acids is 2. The maximum atomic E-state index is 13.8. The Bertz CT molecular complexity index is 1370. The van der Waals surface area contributed by atoms with Crippen LogP contribution in [0.3, 0.4) is 0 Å². The minimum absolute atomic E-state index is 0.0176. The van der Waals surface area contributed by atoms with E-state index in [0.717, 1.165) is 27.9 Å². The highest BCUT2D eigenvalue weighted by Gasteiger charge is 2.43. The normalized spacial score (nSPS) is 19.6. The number of fused-ring (bicyclic) bond motifs is 1. The number of nitrogens with one attached hydrogen (secondary N) is 1. The predicted octanol–water partition coefficient (Wildman–Crippen LogP) is 5.14. The van der Waals surface area contributed by atoms with Crippen LogP contribution < -0.4 is 19.5 Å². The molecular weight excluding hydrogens is 478 g/mol. The number of aromatic nitrogens is 1. The molecule has 1 N–H and O–H groups in total. The molecule has 1 aliphatic carbocycles. The van der Waals surface area contributed by atoms with E-state index in [1.165, 1.54) is 18.4 Å². The SMILES string of the molecule is COc1cc([C@@H]2C3=C(CCCC3=O)N=C(C)C2C(=O)Nc2nc3ccccc3s2)cc(OC)c1OC. The van der Waals surface area contributed by atoms with Crippen molar-refractivity contribution in [3.8, 4) is 17.2 Å². The van der Waals surface area contributed by atoms with Gasteiger partial charge in [0.1, 0.15) is 0 Å². The molecule has 9 heteroatoms. The molecule has 0 saturated carbocycles. The molecular formula is C27H27N3O5S. The second-order valence-corrected chi connectivity index (χ2v) is 9.81. The number of thiazole rings is 1. The van der Waals surface area contributed by atoms with Crippen molar-refractivity contribution in [3.05, 3.63) is 53.2 Å². The maximum absolute atomic E-state index is 13.8. The number of rotatable bonds is 6. The van der Waals surface area contributed by atoms with Gasteiger partial charge in [-0.3, -0.25) is 14.6 Å². The van der Waals surface area contributed by atoms with E-state index in [4.69, 9.17) is 19.2 Å². The predicted molar refractivity (Wildman–Crippen MR) is 140 cm³/mol. The molecule has 0 saturated heterocycles. The second kappa shape index (κ2) is 9.73. The molecule has 0 bridgehead atoms. The fourth-order valence-corrected chi connectivity index (χ4v) is 5.96. The molecule has 2 heterocycles. The molecule has 0 spiro atoms. The van der Waals surface area contributed by atoms with Crippen LogP contribution in [0.5, 0.6) is 17.2 Å². The van der Waals surface area contributed by atoms with Gasteiger partial charge in [0.05, 0.1) is 37.5 Å². The number of methoxy groups -OCH3 is 3. The van der Waals surface area contributed by atoms with Gasteiger partial charge in [-0.2, -0.15) is 0 Å². The average molecular weight is 506 g/mol. The number of carbonyl (C=O) groups is 2. The highest BCUT2D eigenvalue weighted by atomic mass is 32.1. The Balaban J connectivity index is 1.62. The van der Waals surface area contributed by atoms with Gasteiger partial charge >= 0.3 is 0 Å². The van der Waals surface area contributed by atoms with E-state index < -0.39 is 11.8 Å². The molecule has 1 aromatic heterocycles. The molecule has 1 aliphatic heterocycles. The first-order valence-electron chi connectivity index (χ1n) is 11.7. The lowest BCUT2D eigenvalue weighted by atomic mass is 9.71. The number of para-hydroxylation sites is 1. The van der Waals surface area contributed by atoms with E-state index in [1.54, 1.807) is 14.2 Å². The van der Waals surface area contributed by atoms with Crippen LogP contribution in [0.15, 0.2) is 52.7 Å². The highest BCUT2D eigenvalue weighted by molar-refractivity contribution is 7.22. The van der Waals surface area contributed by atoms with E-state index in [9.17, 15) is 9.59 Å². The van der Waals surface area contributed by atoms with Gasteiger partial charge in [-0.05, 0) is 49.6 Å². The second-order valence-electron chi connectivity index (χ2n) is 8.78. The standard InChI is InChI=1S/C27H27N3O5S/c1-14-22(26(32)30-27-29-16-8-5-6-11-21(16)36-27)23(24-17(28-14)9-7-10-18(24)31)15-12-19(33-2)25(35-4)20(13-15)34-3/h5-6,8,11-13,22-23H,7,9-10H2,1-4H3,(H,29,30,32)/t22?,23-/m0/s1. The van der Waals surface area contributed by atoms with Gasteiger partial charge in [0.25, 0.3) is 0 Å². The van der Waals surface area contributed by atoms with Crippen LogP contribution in [-0.4, -0.2) is 43.7 Å². The highest BCUT2D eigenvalue weighted by Crippen LogP contribution is 2.48. The number of hydrogen-bond acceptors (Lipinski definition) is 8. The topological polar surface area (TPSA) is 99.1 Å². The third-order valence-electron chi connectivity index (χ3n) is 6.69. The number of allylic oxidation sites excluding steroid dienone is 2. The van der Waals surface area contributed by atoms with Gasteiger partial charge in [0, 0.05) is 29.3 Å². The molecule has 2 atom stereocenters. The molecule has 5 rings (SSSR count). The summed E-state index contributed by atoms with van der Waals surface area (Å²) in [6.45, 7) is 1.84. The van der Waals surface area contributed by atoms with Gasteiger partial charge in [0.15, 0.2) is 22.4 Å². The lowest BCUT2D eigenvalue weighted by molar-refractivity contribution is -0.119. The van der Waals surface area contributed by atoms with Crippen molar-refractivity contribution in [3.63, 3.8) is 0 Å². The molecule has 2 aliphatic rings. The summed E-state index contributed by atoms with van der Waals surface area (Å²) in [6.07, 6.45) is 1.88. The monoisotopic (exact) mass is 505 g/mol. The van der Waals surface area contributed by atoms with Gasteiger partial charge in [-0.1, -0.05) is 23.5 Å². The minimum Gasteiger partial charge on any atom is -0.493 e. The number of Topliss-reactive ketones (excluding diaryl/α,β-unsaturated/α-hetero) is 1. The summed E-state index contributed by atoms with van der Waals surface area (Å²) in [5.74, 6) is -0.132. The minimum atomic E-state index is -0.708. The first kappa shape index (κ1) is 24.0. The Morgan fingerprint density at radius 1 is 1.06 bits per heavy atom. The van der Waals surface area contributed by atoms with E-state index in [1.807, 2.05) is 43.3 Å². The third-order valence-corrected chi connectivity index (χ3v) is 7.64. The van der Waals surface area contributed by atoms with E-state index in [2.05, 4.69) is 10.3 Å². The van der Waals surface area contributed by atoms with Crippen LogP contribution in [0.2, 0.25) is 0 Å². The zero-order valence-electron chi connectivity index (χ0n) is 20.6. The van der Waals surface area contributed by atoms with Crippen molar-refractivity contribution < 1.29 is 23.8 Å². The summed E-state index contributed by atoms with van der Waals surface area (Å²) in [6, 6.07) is 11.4. The molecule has 0 radical (unpaired) electrons. The van der Waals surface area contributed by atoms with Crippen molar-refractivity contribution >= 4 is 44.1 Å². The van der Waals surface area contributed by atoms with E-state index in [0.29, 0.717) is 46.5 Å². The molecule has 186 valence electrons. The number of amides is 1. The number of nitrogens with zero attached hydrogens (tertiary/aromatic N) is 2. The van der Waals surface area contributed by atoms with E-state index in [-0.39, 0.29) is 11.7 Å². The van der Waals surface area contributed by atoms with Crippen molar-refractivity contribution in [2.24, 2.45) is 10.9 Å². The van der Waals surface area contributed by atoms with Gasteiger partial charge in [-0.25, -0.2) is 4.98 Å². The molecule has 0 fully saturated rings. The smallest absolute Gasteiger partial charge is 0.235 e. The maximum Gasteiger partial charge on any atom is 0.235 e. The fraction of sp³-hybridized carbons (Fsp3) is 0.333. The average Bonchev–Trinajstić information content (AvgIpc) is 3.29. The first-order valence-corrected chi connectivity index (χ1v) is 12.5. The molecule has 3 aromatic rings. The number of ether oxygens (including phenoxy) is 3. The molecule has 2 aromatic carbocycles.